The molecular weight excluding hydrogens is 399 g/mol. The summed E-state index contributed by atoms with van der Waals surface area (Å²) in [7, 11) is 0. The van der Waals surface area contributed by atoms with Crippen LogP contribution in [-0.2, 0) is 0 Å². The van der Waals surface area contributed by atoms with Gasteiger partial charge in [0.1, 0.15) is 24.7 Å². The Morgan fingerprint density at radius 3 is 2.61 bits per heavy atom. The maximum atomic E-state index is 14.4. The van der Waals surface area contributed by atoms with Crippen LogP contribution in [-0.4, -0.2) is 34.3 Å². The van der Waals surface area contributed by atoms with E-state index in [-0.39, 0.29) is 11.6 Å². The van der Waals surface area contributed by atoms with Gasteiger partial charge >= 0.3 is 5.97 Å². The van der Waals surface area contributed by atoms with Crippen molar-refractivity contribution in [3.8, 4) is 33.9 Å². The Morgan fingerprint density at radius 1 is 1.10 bits per heavy atom. The summed E-state index contributed by atoms with van der Waals surface area (Å²) in [6.45, 7) is 4.90. The summed E-state index contributed by atoms with van der Waals surface area (Å²) < 4.78 is 25.7. The number of benzene rings is 2. The lowest BCUT2D eigenvalue weighted by atomic mass is 9.90. The van der Waals surface area contributed by atoms with Crippen molar-refractivity contribution in [2.24, 2.45) is 0 Å². The zero-order valence-corrected chi connectivity index (χ0v) is 17.1. The van der Waals surface area contributed by atoms with E-state index >= 15 is 0 Å². The Morgan fingerprint density at radius 2 is 1.87 bits per heavy atom. The molecule has 4 aromatic rings. The standard InChI is InChI=1S/C24H21FN2O4/c1-12(2)20-21(13-3-4-18-19(9-13)31-8-7-30-18)23(24(28)29)27-22(20)16-10-14(25)11-17-15(16)5-6-26-17/h3-6,9-12,26-27H,7-8H2,1-2H3,(H,28,29). The highest BCUT2D eigenvalue weighted by atomic mass is 19.1. The molecule has 158 valence electrons. The first-order valence-electron chi connectivity index (χ1n) is 10.1. The van der Waals surface area contributed by atoms with E-state index in [1.165, 1.54) is 12.1 Å². The predicted octanol–water partition coefficient (Wildman–Crippen LogP) is 5.56. The highest BCUT2D eigenvalue weighted by molar-refractivity contribution is 6.02. The van der Waals surface area contributed by atoms with Gasteiger partial charge < -0.3 is 24.5 Å². The lowest BCUT2D eigenvalue weighted by Gasteiger charge is -2.19. The summed E-state index contributed by atoms with van der Waals surface area (Å²) in [5.74, 6) is -0.296. The molecule has 7 heteroatoms. The Balaban J connectivity index is 1.81. The van der Waals surface area contributed by atoms with Crippen molar-refractivity contribution < 1.29 is 23.8 Å². The van der Waals surface area contributed by atoms with Gasteiger partial charge in [0.15, 0.2) is 11.5 Å². The van der Waals surface area contributed by atoms with Crippen LogP contribution in [0.3, 0.4) is 0 Å². The first kappa shape index (κ1) is 19.2. The number of aromatic amines is 2. The van der Waals surface area contributed by atoms with Crippen molar-refractivity contribution in [3.63, 3.8) is 0 Å². The third kappa shape index (κ3) is 3.13. The lowest BCUT2D eigenvalue weighted by molar-refractivity contribution is 0.0692. The number of aromatic nitrogens is 2. The van der Waals surface area contributed by atoms with E-state index in [2.05, 4.69) is 9.97 Å². The minimum atomic E-state index is -1.08. The Bertz CT molecular complexity index is 1320. The predicted molar refractivity (Wildman–Crippen MR) is 116 cm³/mol. The number of aromatic carboxylic acids is 1. The number of fused-ring (bicyclic) bond motifs is 2. The first-order valence-corrected chi connectivity index (χ1v) is 10.1. The molecule has 2 aromatic carbocycles. The molecule has 1 aliphatic heterocycles. The van der Waals surface area contributed by atoms with Crippen molar-refractivity contribution in [2.45, 2.75) is 19.8 Å². The van der Waals surface area contributed by atoms with Crippen LogP contribution in [0.5, 0.6) is 11.5 Å². The second-order valence-electron chi connectivity index (χ2n) is 7.87. The van der Waals surface area contributed by atoms with Crippen LogP contribution in [0, 0.1) is 5.82 Å². The van der Waals surface area contributed by atoms with Crippen molar-refractivity contribution in [1.29, 1.82) is 0 Å². The van der Waals surface area contributed by atoms with Gasteiger partial charge in [0.2, 0.25) is 0 Å². The molecule has 0 atom stereocenters. The van der Waals surface area contributed by atoms with E-state index in [9.17, 15) is 14.3 Å². The topological polar surface area (TPSA) is 87.3 Å². The summed E-state index contributed by atoms with van der Waals surface area (Å²) in [6.07, 6.45) is 1.74. The number of carboxylic acids is 1. The number of hydrogen-bond donors (Lipinski definition) is 3. The molecule has 0 amide bonds. The van der Waals surface area contributed by atoms with E-state index in [1.54, 1.807) is 18.3 Å². The van der Waals surface area contributed by atoms with Gasteiger partial charge in [-0.3, -0.25) is 0 Å². The largest absolute Gasteiger partial charge is 0.486 e. The highest BCUT2D eigenvalue weighted by Gasteiger charge is 2.27. The van der Waals surface area contributed by atoms with Crippen LogP contribution in [0.25, 0.3) is 33.3 Å². The summed E-state index contributed by atoms with van der Waals surface area (Å²) in [5.41, 5.74) is 4.01. The molecule has 0 bridgehead atoms. The fourth-order valence-corrected chi connectivity index (χ4v) is 4.30. The number of H-pyrrole nitrogens is 2. The normalized spacial score (nSPS) is 13.2. The fourth-order valence-electron chi connectivity index (χ4n) is 4.30. The van der Waals surface area contributed by atoms with Crippen molar-refractivity contribution in [3.05, 3.63) is 59.7 Å². The Labute approximate surface area is 177 Å². The van der Waals surface area contributed by atoms with Crippen LogP contribution in [0.4, 0.5) is 4.39 Å². The zero-order chi connectivity index (χ0) is 21.7. The molecule has 31 heavy (non-hydrogen) atoms. The number of nitrogens with one attached hydrogen (secondary N) is 2. The van der Waals surface area contributed by atoms with Crippen molar-refractivity contribution >= 4 is 16.9 Å². The Kier molecular flexibility index (Phi) is 4.46. The van der Waals surface area contributed by atoms with Gasteiger partial charge in [0, 0.05) is 28.2 Å². The highest BCUT2D eigenvalue weighted by Crippen LogP contribution is 2.44. The van der Waals surface area contributed by atoms with E-state index in [0.717, 1.165) is 10.9 Å². The maximum absolute atomic E-state index is 14.4. The molecule has 0 spiro atoms. The van der Waals surface area contributed by atoms with Gasteiger partial charge in [-0.1, -0.05) is 19.9 Å². The smallest absolute Gasteiger partial charge is 0.352 e. The number of carboxylic acid groups (broad SMARTS) is 1. The van der Waals surface area contributed by atoms with Gasteiger partial charge in [0.25, 0.3) is 0 Å². The van der Waals surface area contributed by atoms with Crippen molar-refractivity contribution in [1.82, 2.24) is 9.97 Å². The zero-order valence-electron chi connectivity index (χ0n) is 17.1. The van der Waals surface area contributed by atoms with Gasteiger partial charge in [-0.15, -0.1) is 0 Å². The number of carbonyl (C=O) groups is 1. The maximum Gasteiger partial charge on any atom is 0.352 e. The first-order chi connectivity index (χ1) is 14.9. The average Bonchev–Trinajstić information content (AvgIpc) is 3.37. The van der Waals surface area contributed by atoms with Crippen LogP contribution in [0.1, 0.15) is 35.8 Å². The molecular formula is C24H21FN2O4. The van der Waals surface area contributed by atoms with Crippen molar-refractivity contribution in [2.75, 3.05) is 13.2 Å². The monoisotopic (exact) mass is 420 g/mol. The fraction of sp³-hybridized carbons (Fsp3) is 0.208. The molecule has 0 fully saturated rings. The lowest BCUT2D eigenvalue weighted by Crippen LogP contribution is -2.15. The quantitative estimate of drug-likeness (QED) is 0.403. The van der Waals surface area contributed by atoms with Gasteiger partial charge in [-0.05, 0) is 47.4 Å². The molecule has 0 aliphatic carbocycles. The number of hydrogen-bond acceptors (Lipinski definition) is 3. The molecule has 0 radical (unpaired) electrons. The van der Waals surface area contributed by atoms with Crippen LogP contribution < -0.4 is 9.47 Å². The molecule has 0 unspecified atom stereocenters. The molecule has 0 saturated carbocycles. The van der Waals surface area contributed by atoms with Crippen LogP contribution in [0.2, 0.25) is 0 Å². The van der Waals surface area contributed by atoms with E-state index in [1.807, 2.05) is 26.0 Å². The Hall–Kier alpha value is -3.74. The van der Waals surface area contributed by atoms with E-state index in [0.29, 0.717) is 52.6 Å². The van der Waals surface area contributed by atoms with E-state index in [4.69, 9.17) is 9.47 Å². The third-order valence-electron chi connectivity index (χ3n) is 5.56. The molecule has 3 N–H and O–H groups in total. The number of rotatable bonds is 4. The summed E-state index contributed by atoms with van der Waals surface area (Å²) in [4.78, 5) is 18.3. The van der Waals surface area contributed by atoms with Gasteiger partial charge in [-0.25, -0.2) is 9.18 Å². The summed E-state index contributed by atoms with van der Waals surface area (Å²) >= 11 is 0. The molecule has 1 aliphatic rings. The molecule has 3 heterocycles. The van der Waals surface area contributed by atoms with Crippen LogP contribution >= 0.6 is 0 Å². The summed E-state index contributed by atoms with van der Waals surface area (Å²) in [6, 6.07) is 10.1. The molecule has 0 saturated heterocycles. The second kappa shape index (κ2) is 7.19. The molecule has 6 nitrogen and oxygen atoms in total. The minimum Gasteiger partial charge on any atom is -0.486 e. The van der Waals surface area contributed by atoms with Gasteiger partial charge in [0.05, 0.1) is 5.69 Å². The third-order valence-corrected chi connectivity index (χ3v) is 5.56. The molecule has 2 aromatic heterocycles. The number of ether oxygens (including phenoxy) is 2. The molecule has 5 rings (SSSR count). The second-order valence-corrected chi connectivity index (χ2v) is 7.87. The minimum absolute atomic E-state index is 0.0280. The SMILES string of the molecule is CC(C)c1c(-c2cc(F)cc3[nH]ccc23)[nH]c(C(=O)O)c1-c1ccc2c(c1)OCCO2. The van der Waals surface area contributed by atoms with E-state index < -0.39 is 11.8 Å². The van der Waals surface area contributed by atoms with Crippen LogP contribution in [0.15, 0.2) is 42.6 Å². The summed E-state index contributed by atoms with van der Waals surface area (Å²) in [5, 5.41) is 10.8. The average molecular weight is 420 g/mol. The number of halogens is 1. The van der Waals surface area contributed by atoms with Gasteiger partial charge in [-0.2, -0.15) is 0 Å².